The topological polar surface area (TPSA) is 57.8 Å². The van der Waals surface area contributed by atoms with Gasteiger partial charge in [0.2, 0.25) is 0 Å². The monoisotopic (exact) mass is 397 g/mol. The molecule has 1 aromatic heterocycles. The van der Waals surface area contributed by atoms with Crippen LogP contribution in [0, 0.1) is 3.57 Å². The number of nitrogens with zero attached hydrogens (tertiary/aromatic N) is 1. The molecule has 2 aromatic carbocycles. The van der Waals surface area contributed by atoms with Gasteiger partial charge < -0.3 is 5.32 Å². The summed E-state index contributed by atoms with van der Waals surface area (Å²) in [6.45, 7) is 0. The summed E-state index contributed by atoms with van der Waals surface area (Å²) in [4.78, 5) is 12.3. The molecule has 3 rings (SSSR count). The second-order valence-electron chi connectivity index (χ2n) is 4.20. The minimum atomic E-state index is -0.261. The van der Waals surface area contributed by atoms with E-state index < -0.39 is 0 Å². The third-order valence-corrected chi connectivity index (χ3v) is 4.04. The Bertz CT molecular complexity index is 800. The molecule has 0 unspecified atom stereocenters. The minimum Gasteiger partial charge on any atom is -0.320 e. The lowest BCUT2D eigenvalue weighted by Gasteiger charge is -2.06. The summed E-state index contributed by atoms with van der Waals surface area (Å²) in [6.07, 6.45) is 0. The highest BCUT2D eigenvalue weighted by atomic mass is 127. The summed E-state index contributed by atoms with van der Waals surface area (Å²) in [5.74, 6) is -0.261. The summed E-state index contributed by atoms with van der Waals surface area (Å²) in [6, 6.07) is 12.8. The molecule has 100 valence electrons. The van der Waals surface area contributed by atoms with Gasteiger partial charge in [-0.1, -0.05) is 29.8 Å². The number of nitrogens with one attached hydrogen (secondary N) is 2. The molecule has 4 nitrogen and oxygen atoms in total. The highest BCUT2D eigenvalue weighted by Gasteiger charge is 2.15. The molecule has 0 atom stereocenters. The van der Waals surface area contributed by atoms with Gasteiger partial charge in [0.1, 0.15) is 0 Å². The molecule has 2 N–H and O–H groups in total. The molecule has 0 bridgehead atoms. The van der Waals surface area contributed by atoms with Crippen molar-refractivity contribution in [3.8, 4) is 0 Å². The van der Waals surface area contributed by atoms with Gasteiger partial charge in [-0.05, 0) is 46.9 Å². The van der Waals surface area contributed by atoms with Gasteiger partial charge >= 0.3 is 0 Å². The van der Waals surface area contributed by atoms with E-state index in [1.807, 2.05) is 30.3 Å². The molecule has 20 heavy (non-hydrogen) atoms. The van der Waals surface area contributed by atoms with Crippen molar-refractivity contribution in [2.45, 2.75) is 0 Å². The summed E-state index contributed by atoms with van der Waals surface area (Å²) < 4.78 is 0.917. The number of carbonyl (C=O) groups is 1. The lowest BCUT2D eigenvalue weighted by atomic mass is 10.2. The van der Waals surface area contributed by atoms with Crippen LogP contribution in [-0.2, 0) is 0 Å². The van der Waals surface area contributed by atoms with Gasteiger partial charge in [0.05, 0.1) is 11.2 Å². The number of carbonyl (C=O) groups excluding carboxylic acids is 1. The molecule has 0 saturated carbocycles. The van der Waals surface area contributed by atoms with Gasteiger partial charge in [-0.2, -0.15) is 5.10 Å². The van der Waals surface area contributed by atoms with E-state index in [-0.39, 0.29) is 5.91 Å². The van der Waals surface area contributed by atoms with Crippen molar-refractivity contribution < 1.29 is 4.79 Å². The Labute approximate surface area is 133 Å². The van der Waals surface area contributed by atoms with Crippen molar-refractivity contribution in [2.75, 3.05) is 5.32 Å². The minimum absolute atomic E-state index is 0.261. The van der Waals surface area contributed by atoms with E-state index in [1.54, 1.807) is 12.1 Å². The Hall–Kier alpha value is -1.60. The van der Waals surface area contributed by atoms with Gasteiger partial charge in [0.15, 0.2) is 5.69 Å². The number of hydrogen-bond donors (Lipinski definition) is 2. The molecule has 0 aliphatic rings. The zero-order valence-electron chi connectivity index (χ0n) is 10.2. The fraction of sp³-hybridized carbons (Fsp3) is 0. The third-order valence-electron chi connectivity index (χ3n) is 2.86. The lowest BCUT2D eigenvalue weighted by Crippen LogP contribution is -2.13. The maximum absolute atomic E-state index is 12.3. The standard InChI is InChI=1S/C14H9ClIN3O/c15-8-5-6-10(16)12(7-8)17-14(20)13-9-3-1-2-4-11(9)18-19-13/h1-7H,(H,17,20)(H,18,19). The lowest BCUT2D eigenvalue weighted by molar-refractivity contribution is 0.102. The molecule has 0 spiro atoms. The number of benzene rings is 2. The molecular formula is C14H9ClIN3O. The average molecular weight is 398 g/mol. The average Bonchev–Trinajstić information content (AvgIpc) is 2.87. The summed E-state index contributed by atoms with van der Waals surface area (Å²) in [5, 5.41) is 11.1. The summed E-state index contributed by atoms with van der Waals surface area (Å²) in [7, 11) is 0. The Morgan fingerprint density at radius 3 is 2.90 bits per heavy atom. The van der Waals surface area contributed by atoms with Crippen LogP contribution in [-0.4, -0.2) is 16.1 Å². The Balaban J connectivity index is 1.95. The van der Waals surface area contributed by atoms with Gasteiger partial charge in [0.25, 0.3) is 5.91 Å². The fourth-order valence-electron chi connectivity index (χ4n) is 1.91. The van der Waals surface area contributed by atoms with Crippen molar-refractivity contribution in [3.63, 3.8) is 0 Å². The number of amides is 1. The van der Waals surface area contributed by atoms with Crippen molar-refractivity contribution >= 4 is 56.7 Å². The van der Waals surface area contributed by atoms with Crippen molar-refractivity contribution in [3.05, 3.63) is 56.8 Å². The van der Waals surface area contributed by atoms with Crippen molar-refractivity contribution in [2.24, 2.45) is 0 Å². The van der Waals surface area contributed by atoms with E-state index in [0.29, 0.717) is 16.4 Å². The smallest absolute Gasteiger partial charge is 0.276 e. The first-order valence-electron chi connectivity index (χ1n) is 5.84. The molecule has 1 heterocycles. The SMILES string of the molecule is O=C(Nc1cc(Cl)ccc1I)c1n[nH]c2ccccc12. The second-order valence-corrected chi connectivity index (χ2v) is 5.79. The van der Waals surface area contributed by atoms with Crippen LogP contribution in [0.25, 0.3) is 10.9 Å². The van der Waals surface area contributed by atoms with Crippen LogP contribution in [0.3, 0.4) is 0 Å². The molecule has 1 amide bonds. The van der Waals surface area contributed by atoms with Crippen LogP contribution in [0.5, 0.6) is 0 Å². The second kappa shape index (κ2) is 5.41. The third kappa shape index (κ3) is 2.51. The highest BCUT2D eigenvalue weighted by molar-refractivity contribution is 14.1. The normalized spacial score (nSPS) is 10.7. The molecule has 3 aromatic rings. The first-order chi connectivity index (χ1) is 9.65. The van der Waals surface area contributed by atoms with Gasteiger partial charge in [-0.15, -0.1) is 0 Å². The zero-order chi connectivity index (χ0) is 14.1. The molecule has 6 heteroatoms. The van der Waals surface area contributed by atoms with E-state index in [1.165, 1.54) is 0 Å². The number of hydrogen-bond acceptors (Lipinski definition) is 2. The Kier molecular flexibility index (Phi) is 3.62. The van der Waals surface area contributed by atoms with Crippen LogP contribution in [0.15, 0.2) is 42.5 Å². The number of aromatic amines is 1. The number of fused-ring (bicyclic) bond motifs is 1. The number of anilines is 1. The maximum Gasteiger partial charge on any atom is 0.276 e. The van der Waals surface area contributed by atoms with Crippen LogP contribution in [0.2, 0.25) is 5.02 Å². The maximum atomic E-state index is 12.3. The van der Waals surface area contributed by atoms with E-state index >= 15 is 0 Å². The first-order valence-corrected chi connectivity index (χ1v) is 7.30. The number of para-hydroxylation sites is 1. The van der Waals surface area contributed by atoms with Gasteiger partial charge in [-0.25, -0.2) is 0 Å². The van der Waals surface area contributed by atoms with Crippen LogP contribution < -0.4 is 5.32 Å². The van der Waals surface area contributed by atoms with Crippen LogP contribution in [0.4, 0.5) is 5.69 Å². The Morgan fingerprint density at radius 1 is 1.25 bits per heavy atom. The number of aromatic nitrogens is 2. The predicted molar refractivity (Wildman–Crippen MR) is 88.2 cm³/mol. The fourth-order valence-corrected chi connectivity index (χ4v) is 2.55. The molecule has 0 aliphatic carbocycles. The van der Waals surface area contributed by atoms with Crippen LogP contribution >= 0.6 is 34.2 Å². The van der Waals surface area contributed by atoms with Crippen molar-refractivity contribution in [1.29, 1.82) is 0 Å². The quantitative estimate of drug-likeness (QED) is 0.640. The molecule has 0 radical (unpaired) electrons. The van der Waals surface area contributed by atoms with Crippen LogP contribution in [0.1, 0.15) is 10.5 Å². The molecule has 0 fully saturated rings. The van der Waals surface area contributed by atoms with Crippen molar-refractivity contribution in [1.82, 2.24) is 10.2 Å². The van der Waals surface area contributed by atoms with E-state index in [9.17, 15) is 4.79 Å². The molecule has 0 aliphatic heterocycles. The van der Waals surface area contributed by atoms with E-state index in [0.717, 1.165) is 14.5 Å². The Morgan fingerprint density at radius 2 is 2.05 bits per heavy atom. The van der Waals surface area contributed by atoms with E-state index in [2.05, 4.69) is 38.1 Å². The number of rotatable bonds is 2. The number of halogens is 2. The predicted octanol–water partition coefficient (Wildman–Crippen LogP) is 4.07. The van der Waals surface area contributed by atoms with Gasteiger partial charge in [0, 0.05) is 14.0 Å². The summed E-state index contributed by atoms with van der Waals surface area (Å²) >= 11 is 8.09. The van der Waals surface area contributed by atoms with E-state index in [4.69, 9.17) is 11.6 Å². The first kappa shape index (κ1) is 13.4. The van der Waals surface area contributed by atoms with Gasteiger partial charge in [-0.3, -0.25) is 9.89 Å². The largest absolute Gasteiger partial charge is 0.320 e. The molecule has 0 saturated heterocycles. The summed E-state index contributed by atoms with van der Waals surface area (Å²) in [5.41, 5.74) is 1.88. The highest BCUT2D eigenvalue weighted by Crippen LogP contribution is 2.24. The molecular weight excluding hydrogens is 389 g/mol. The number of H-pyrrole nitrogens is 1. The zero-order valence-corrected chi connectivity index (χ0v) is 13.1.